The third-order valence-corrected chi connectivity index (χ3v) is 6.93. The number of Topliss-reactive ketones (excluding diaryl/α,β-unsaturated/α-hetero) is 4. The van der Waals surface area contributed by atoms with Gasteiger partial charge in [-0.05, 0) is 22.3 Å². The Bertz CT molecular complexity index is 1650. The second-order valence-electron chi connectivity index (χ2n) is 10.1. The van der Waals surface area contributed by atoms with Crippen molar-refractivity contribution in [1.29, 1.82) is 0 Å². The van der Waals surface area contributed by atoms with Gasteiger partial charge < -0.3 is 0 Å². The predicted molar refractivity (Wildman–Crippen MR) is 151 cm³/mol. The van der Waals surface area contributed by atoms with E-state index in [9.17, 15) is 45.5 Å². The molecule has 0 bridgehead atoms. The lowest BCUT2D eigenvalue weighted by molar-refractivity contribution is -0.229. The minimum atomic E-state index is -5.71. The number of hydrogen-bond acceptors (Lipinski definition) is 4. The fourth-order valence-electron chi connectivity index (χ4n) is 4.39. The minimum absolute atomic E-state index is 0.170. The van der Waals surface area contributed by atoms with Crippen molar-refractivity contribution in [3.8, 4) is 22.3 Å². The molecule has 0 unspecified atom stereocenters. The van der Waals surface area contributed by atoms with Crippen LogP contribution in [0.3, 0.4) is 0 Å². The highest BCUT2D eigenvalue weighted by molar-refractivity contribution is 6.11. The summed E-state index contributed by atoms with van der Waals surface area (Å²) in [6.07, 6.45) is -6.26. The summed E-state index contributed by atoms with van der Waals surface area (Å²) < 4.78 is 86.9. The van der Waals surface area contributed by atoms with Crippen molar-refractivity contribution >= 4 is 23.1 Å². The molecule has 0 atom stereocenters. The molecule has 4 aromatic carbocycles. The number of hydrogen-bond donors (Lipinski definition) is 0. The number of halogens is 6. The second-order valence-corrected chi connectivity index (χ2v) is 10.1. The Morgan fingerprint density at radius 1 is 0.455 bits per heavy atom. The molecule has 0 spiro atoms. The summed E-state index contributed by atoms with van der Waals surface area (Å²) in [5.74, 6) is -23.7. The fraction of sp³-hybridized carbons (Fsp3) is 0.176. The number of ketones is 4. The summed E-state index contributed by atoms with van der Waals surface area (Å²) in [4.78, 5) is 49.0. The number of benzene rings is 4. The maximum absolute atomic E-state index is 14.5. The second kappa shape index (κ2) is 12.8. The molecule has 10 heteroatoms. The lowest BCUT2D eigenvalue weighted by atomic mass is 9.92. The molecule has 0 fully saturated rings. The van der Waals surface area contributed by atoms with E-state index in [-0.39, 0.29) is 11.1 Å². The van der Waals surface area contributed by atoms with Crippen molar-refractivity contribution in [3.63, 3.8) is 0 Å². The summed E-state index contributed by atoms with van der Waals surface area (Å²) in [7, 11) is 0. The SMILES string of the molecule is O=C(CC(=O)C(F)(F)CC(F)(F)C(F)(F)C(=O)CC(=O)c1ccc(-c2ccccc2)cc1)c1ccc(-c2ccccc2)cc1. The number of alkyl halides is 6. The summed E-state index contributed by atoms with van der Waals surface area (Å²) in [6, 6.07) is 28.6. The van der Waals surface area contributed by atoms with Crippen molar-refractivity contribution in [2.24, 2.45) is 0 Å². The van der Waals surface area contributed by atoms with E-state index in [1.54, 1.807) is 60.7 Å². The predicted octanol–water partition coefficient (Wildman–Crippen LogP) is 8.30. The van der Waals surface area contributed by atoms with E-state index in [2.05, 4.69) is 0 Å². The molecule has 0 aromatic heterocycles. The largest absolute Gasteiger partial charge is 0.367 e. The molecule has 0 radical (unpaired) electrons. The van der Waals surface area contributed by atoms with Crippen molar-refractivity contribution in [2.45, 2.75) is 37.0 Å². The van der Waals surface area contributed by atoms with Gasteiger partial charge in [0.05, 0.1) is 19.3 Å². The molecular weight excluding hydrogens is 586 g/mol. The maximum Gasteiger partial charge on any atom is 0.367 e. The standard InChI is InChI=1S/C34H24F6O4/c35-32(36,30(43)19-28(41)26-15-11-24(12-16-26)22-7-3-1-4-8-22)21-33(37,38)34(39,40)31(44)20-29(42)27-17-13-25(14-18-27)23-9-5-2-6-10-23/h1-18H,19-21H2. The van der Waals surface area contributed by atoms with Gasteiger partial charge in [-0.15, -0.1) is 0 Å². The first-order valence-corrected chi connectivity index (χ1v) is 13.3. The van der Waals surface area contributed by atoms with E-state index in [0.717, 1.165) is 11.1 Å². The van der Waals surface area contributed by atoms with Crippen molar-refractivity contribution in [1.82, 2.24) is 0 Å². The van der Waals surface area contributed by atoms with Gasteiger partial charge in [-0.2, -0.15) is 26.3 Å². The molecule has 44 heavy (non-hydrogen) atoms. The number of rotatable bonds is 13. The zero-order chi connectivity index (χ0) is 32.1. The van der Waals surface area contributed by atoms with E-state index in [1.165, 1.54) is 48.5 Å². The van der Waals surface area contributed by atoms with Crippen LogP contribution in [0, 0.1) is 0 Å². The molecular formula is C34H24F6O4. The molecule has 0 heterocycles. The van der Waals surface area contributed by atoms with Gasteiger partial charge in [-0.25, -0.2) is 0 Å². The first kappa shape index (κ1) is 32.1. The van der Waals surface area contributed by atoms with Crippen molar-refractivity contribution in [2.75, 3.05) is 0 Å². The van der Waals surface area contributed by atoms with Gasteiger partial charge in [0.1, 0.15) is 0 Å². The first-order valence-electron chi connectivity index (χ1n) is 13.3. The Balaban J connectivity index is 1.38. The molecule has 0 amide bonds. The van der Waals surface area contributed by atoms with E-state index >= 15 is 0 Å². The molecule has 0 saturated carbocycles. The van der Waals surface area contributed by atoms with Gasteiger partial charge >= 0.3 is 17.8 Å². The van der Waals surface area contributed by atoms with Crippen LogP contribution in [0.4, 0.5) is 26.3 Å². The van der Waals surface area contributed by atoms with E-state index in [1.807, 2.05) is 0 Å². The van der Waals surface area contributed by atoms with Crippen LogP contribution >= 0.6 is 0 Å². The Kier molecular flexibility index (Phi) is 9.32. The summed E-state index contributed by atoms with van der Waals surface area (Å²) in [5, 5.41) is 0. The van der Waals surface area contributed by atoms with Gasteiger partial charge in [-0.3, -0.25) is 19.2 Å². The van der Waals surface area contributed by atoms with Crippen LogP contribution in [-0.2, 0) is 9.59 Å². The van der Waals surface area contributed by atoms with Crippen LogP contribution in [-0.4, -0.2) is 40.9 Å². The maximum atomic E-state index is 14.5. The molecule has 4 rings (SSSR count). The summed E-state index contributed by atoms with van der Waals surface area (Å²) in [6.45, 7) is 0. The number of carbonyl (C=O) groups excluding carboxylic acids is 4. The smallest absolute Gasteiger partial charge is 0.294 e. The van der Waals surface area contributed by atoms with Crippen LogP contribution in [0.5, 0.6) is 0 Å². The molecule has 0 aliphatic rings. The van der Waals surface area contributed by atoms with Crippen LogP contribution in [0.1, 0.15) is 40.0 Å². The molecule has 4 aromatic rings. The Morgan fingerprint density at radius 2 is 0.795 bits per heavy atom. The zero-order valence-corrected chi connectivity index (χ0v) is 22.9. The molecule has 226 valence electrons. The highest BCUT2D eigenvalue weighted by atomic mass is 19.3. The average molecular weight is 611 g/mol. The van der Waals surface area contributed by atoms with Crippen LogP contribution in [0.2, 0.25) is 0 Å². The Morgan fingerprint density at radius 3 is 1.18 bits per heavy atom. The van der Waals surface area contributed by atoms with Gasteiger partial charge in [-0.1, -0.05) is 109 Å². The Hall–Kier alpha value is -4.86. The summed E-state index contributed by atoms with van der Waals surface area (Å²) in [5.41, 5.74) is 2.48. The third kappa shape index (κ3) is 7.19. The lowest BCUT2D eigenvalue weighted by Crippen LogP contribution is -2.52. The molecule has 0 aliphatic carbocycles. The molecule has 0 saturated heterocycles. The van der Waals surface area contributed by atoms with Gasteiger partial charge in [0, 0.05) is 11.1 Å². The molecule has 4 nitrogen and oxygen atoms in total. The molecule has 0 aliphatic heterocycles. The quantitative estimate of drug-likeness (QED) is 0.0868. The van der Waals surface area contributed by atoms with Crippen LogP contribution in [0.25, 0.3) is 22.3 Å². The number of carbonyl (C=O) groups is 4. The van der Waals surface area contributed by atoms with Gasteiger partial charge in [0.15, 0.2) is 11.6 Å². The zero-order valence-electron chi connectivity index (χ0n) is 22.9. The first-order chi connectivity index (χ1) is 20.7. The highest BCUT2D eigenvalue weighted by Crippen LogP contribution is 2.44. The lowest BCUT2D eigenvalue weighted by Gasteiger charge is -2.28. The van der Waals surface area contributed by atoms with Gasteiger partial charge in [0.25, 0.3) is 0 Å². The third-order valence-electron chi connectivity index (χ3n) is 6.93. The fourth-order valence-corrected chi connectivity index (χ4v) is 4.39. The molecule has 0 N–H and O–H groups in total. The van der Waals surface area contributed by atoms with Crippen molar-refractivity contribution in [3.05, 3.63) is 120 Å². The highest BCUT2D eigenvalue weighted by Gasteiger charge is 2.65. The van der Waals surface area contributed by atoms with E-state index in [0.29, 0.717) is 11.1 Å². The minimum Gasteiger partial charge on any atom is -0.294 e. The van der Waals surface area contributed by atoms with Gasteiger partial charge in [0.2, 0.25) is 11.6 Å². The monoisotopic (exact) mass is 610 g/mol. The topological polar surface area (TPSA) is 68.3 Å². The summed E-state index contributed by atoms with van der Waals surface area (Å²) >= 11 is 0. The van der Waals surface area contributed by atoms with E-state index in [4.69, 9.17) is 0 Å². The van der Waals surface area contributed by atoms with Crippen LogP contribution in [0.15, 0.2) is 109 Å². The Labute approximate surface area is 248 Å². The van der Waals surface area contributed by atoms with Crippen molar-refractivity contribution < 1.29 is 45.5 Å². The van der Waals surface area contributed by atoms with Crippen LogP contribution < -0.4 is 0 Å². The van der Waals surface area contributed by atoms with E-state index < -0.39 is 60.2 Å². The average Bonchev–Trinajstić information content (AvgIpc) is 3.01. The normalized spacial score (nSPS) is 12.0.